The number of thiazole rings is 1. The Morgan fingerprint density at radius 1 is 1.15 bits per heavy atom. The summed E-state index contributed by atoms with van der Waals surface area (Å²) in [5, 5.41) is 5.82. The van der Waals surface area contributed by atoms with Crippen molar-refractivity contribution in [2.24, 2.45) is 0 Å². The number of aromatic nitrogens is 1. The molecule has 33 heavy (non-hydrogen) atoms. The van der Waals surface area contributed by atoms with E-state index in [-0.39, 0.29) is 12.5 Å². The van der Waals surface area contributed by atoms with Crippen LogP contribution in [-0.4, -0.2) is 27.7 Å². The summed E-state index contributed by atoms with van der Waals surface area (Å²) in [7, 11) is 0. The second-order valence-electron chi connectivity index (χ2n) is 7.91. The van der Waals surface area contributed by atoms with E-state index in [4.69, 9.17) is 4.42 Å². The summed E-state index contributed by atoms with van der Waals surface area (Å²) in [6.45, 7) is 3.08. The topological polar surface area (TPSA) is 95.8 Å². The van der Waals surface area contributed by atoms with Crippen molar-refractivity contribution in [3.8, 4) is 0 Å². The van der Waals surface area contributed by atoms with Crippen LogP contribution in [0.4, 0.5) is 15.6 Å². The Morgan fingerprint density at radius 2 is 1.88 bits per heavy atom. The maximum atomic E-state index is 13.3. The maximum absolute atomic E-state index is 13.3. The number of para-hydroxylation sites is 2. The standard InChI is InChI=1S/C24H20N4O4S/c1-15(29)28(18-9-4-3-5-10-18)23-25-17(14-33-23)13-27-21(30)24(2,26-22(27)31)20-12-16-8-6-7-11-19(16)32-20/h3-12,14H,13H2,1-2H3,(H,26,31). The Hall–Kier alpha value is -3.98. The van der Waals surface area contributed by atoms with E-state index in [1.54, 1.807) is 18.4 Å². The highest BCUT2D eigenvalue weighted by atomic mass is 32.1. The smallest absolute Gasteiger partial charge is 0.325 e. The zero-order chi connectivity index (χ0) is 23.2. The van der Waals surface area contributed by atoms with Gasteiger partial charge in [0, 0.05) is 17.7 Å². The lowest BCUT2D eigenvalue weighted by Crippen LogP contribution is -2.40. The van der Waals surface area contributed by atoms with E-state index < -0.39 is 17.5 Å². The SMILES string of the molecule is CC(=O)N(c1ccccc1)c1nc(CN2C(=O)NC(C)(c3cc4ccccc4o3)C2=O)cs1. The van der Waals surface area contributed by atoms with Crippen molar-refractivity contribution < 1.29 is 18.8 Å². The third-order valence-corrected chi connectivity index (χ3v) is 6.45. The third-order valence-electron chi connectivity index (χ3n) is 5.57. The number of nitrogens with zero attached hydrogens (tertiary/aromatic N) is 3. The van der Waals surface area contributed by atoms with E-state index in [0.29, 0.717) is 27.9 Å². The Bertz CT molecular complexity index is 1350. The fraction of sp³-hybridized carbons (Fsp3) is 0.167. The molecule has 0 spiro atoms. The van der Waals surface area contributed by atoms with Gasteiger partial charge < -0.3 is 9.73 Å². The van der Waals surface area contributed by atoms with Crippen LogP contribution in [-0.2, 0) is 21.7 Å². The molecule has 5 rings (SSSR count). The molecule has 0 aliphatic carbocycles. The minimum absolute atomic E-state index is 0.0163. The number of rotatable bonds is 5. The second kappa shape index (κ2) is 7.86. The van der Waals surface area contributed by atoms with Crippen LogP contribution in [0, 0.1) is 0 Å². The monoisotopic (exact) mass is 460 g/mol. The first-order valence-electron chi connectivity index (χ1n) is 10.3. The Labute approximate surface area is 193 Å². The summed E-state index contributed by atoms with van der Waals surface area (Å²) in [6, 6.07) is 17.8. The summed E-state index contributed by atoms with van der Waals surface area (Å²) in [6.07, 6.45) is 0. The van der Waals surface area contributed by atoms with Gasteiger partial charge >= 0.3 is 6.03 Å². The molecule has 1 aliphatic heterocycles. The Kier molecular flexibility index (Phi) is 4.98. The normalized spacial score (nSPS) is 18.1. The summed E-state index contributed by atoms with van der Waals surface area (Å²) < 4.78 is 5.86. The lowest BCUT2D eigenvalue weighted by atomic mass is 9.99. The molecular weight excluding hydrogens is 440 g/mol. The first kappa shape index (κ1) is 20.9. The number of carbonyl (C=O) groups is 3. The average Bonchev–Trinajstić information content (AvgIpc) is 3.49. The van der Waals surface area contributed by atoms with E-state index in [1.165, 1.54) is 23.2 Å². The first-order chi connectivity index (χ1) is 15.9. The zero-order valence-corrected chi connectivity index (χ0v) is 18.8. The molecule has 1 aliphatic rings. The number of carbonyl (C=O) groups excluding carboxylic acids is 3. The van der Waals surface area contributed by atoms with Gasteiger partial charge in [0.25, 0.3) is 5.91 Å². The van der Waals surface area contributed by atoms with Gasteiger partial charge in [-0.2, -0.15) is 0 Å². The highest BCUT2D eigenvalue weighted by Gasteiger charge is 2.51. The molecule has 166 valence electrons. The van der Waals surface area contributed by atoms with Crippen LogP contribution >= 0.6 is 11.3 Å². The van der Waals surface area contributed by atoms with Crippen LogP contribution in [0.25, 0.3) is 11.0 Å². The highest BCUT2D eigenvalue weighted by Crippen LogP contribution is 2.34. The number of fused-ring (bicyclic) bond motifs is 1. The van der Waals surface area contributed by atoms with Gasteiger partial charge in [-0.25, -0.2) is 9.78 Å². The van der Waals surface area contributed by atoms with Crippen LogP contribution in [0.2, 0.25) is 0 Å². The summed E-state index contributed by atoms with van der Waals surface area (Å²) in [5.41, 5.74) is 0.529. The lowest BCUT2D eigenvalue weighted by Gasteiger charge is -2.19. The molecule has 4 amide bonds. The molecule has 0 saturated carbocycles. The van der Waals surface area contributed by atoms with Crippen LogP contribution in [0.3, 0.4) is 0 Å². The van der Waals surface area contributed by atoms with Gasteiger partial charge in [0.05, 0.1) is 17.9 Å². The number of nitrogens with one attached hydrogen (secondary N) is 1. The van der Waals surface area contributed by atoms with E-state index in [1.807, 2.05) is 54.6 Å². The van der Waals surface area contributed by atoms with Crippen LogP contribution in [0.5, 0.6) is 0 Å². The summed E-state index contributed by atoms with van der Waals surface area (Å²) >= 11 is 1.27. The number of anilines is 2. The molecule has 0 radical (unpaired) electrons. The Morgan fingerprint density at radius 3 is 2.61 bits per heavy atom. The van der Waals surface area contributed by atoms with Crippen LogP contribution < -0.4 is 10.2 Å². The minimum Gasteiger partial charge on any atom is -0.458 e. The van der Waals surface area contributed by atoms with Gasteiger partial charge in [0.2, 0.25) is 5.91 Å². The van der Waals surface area contributed by atoms with Crippen molar-refractivity contribution in [2.75, 3.05) is 4.90 Å². The molecule has 1 fully saturated rings. The predicted molar refractivity (Wildman–Crippen MR) is 124 cm³/mol. The van der Waals surface area contributed by atoms with Gasteiger partial charge in [-0.1, -0.05) is 36.4 Å². The predicted octanol–water partition coefficient (Wildman–Crippen LogP) is 4.54. The highest BCUT2D eigenvalue weighted by molar-refractivity contribution is 7.14. The van der Waals surface area contributed by atoms with Crippen molar-refractivity contribution in [2.45, 2.75) is 25.9 Å². The molecule has 2 aromatic heterocycles. The number of benzene rings is 2. The maximum Gasteiger partial charge on any atom is 0.325 e. The largest absolute Gasteiger partial charge is 0.458 e. The number of imide groups is 1. The molecular formula is C24H20N4O4S. The average molecular weight is 461 g/mol. The quantitative estimate of drug-likeness (QED) is 0.441. The number of hydrogen-bond donors (Lipinski definition) is 1. The van der Waals surface area contributed by atoms with Gasteiger partial charge in [-0.3, -0.25) is 19.4 Å². The summed E-state index contributed by atoms with van der Waals surface area (Å²) in [4.78, 5) is 45.4. The molecule has 1 atom stereocenters. The van der Waals surface area contributed by atoms with Gasteiger partial charge in [-0.15, -0.1) is 11.3 Å². The van der Waals surface area contributed by atoms with Crippen molar-refractivity contribution >= 4 is 51.0 Å². The van der Waals surface area contributed by atoms with Crippen molar-refractivity contribution in [1.29, 1.82) is 0 Å². The van der Waals surface area contributed by atoms with Crippen molar-refractivity contribution in [1.82, 2.24) is 15.2 Å². The fourth-order valence-corrected chi connectivity index (χ4v) is 4.75. The lowest BCUT2D eigenvalue weighted by molar-refractivity contribution is -0.132. The first-order valence-corrected chi connectivity index (χ1v) is 11.2. The van der Waals surface area contributed by atoms with E-state index >= 15 is 0 Å². The summed E-state index contributed by atoms with van der Waals surface area (Å²) in [5.74, 6) is -0.238. The molecule has 2 aromatic carbocycles. The molecule has 8 nitrogen and oxygen atoms in total. The number of urea groups is 1. The fourth-order valence-electron chi connectivity index (χ4n) is 3.87. The van der Waals surface area contributed by atoms with Gasteiger partial charge in [0.1, 0.15) is 11.3 Å². The van der Waals surface area contributed by atoms with Gasteiger partial charge in [0.15, 0.2) is 10.7 Å². The molecule has 1 saturated heterocycles. The number of amides is 4. The number of furan rings is 1. The molecule has 3 heterocycles. The van der Waals surface area contributed by atoms with Crippen molar-refractivity contribution in [3.63, 3.8) is 0 Å². The van der Waals surface area contributed by atoms with Gasteiger partial charge in [-0.05, 0) is 31.2 Å². The van der Waals surface area contributed by atoms with E-state index in [2.05, 4.69) is 10.3 Å². The second-order valence-corrected chi connectivity index (χ2v) is 8.74. The van der Waals surface area contributed by atoms with E-state index in [0.717, 1.165) is 10.3 Å². The molecule has 4 aromatic rings. The van der Waals surface area contributed by atoms with E-state index in [9.17, 15) is 14.4 Å². The Balaban J connectivity index is 1.40. The molecule has 0 bridgehead atoms. The number of hydrogen-bond acceptors (Lipinski definition) is 6. The molecule has 1 unspecified atom stereocenters. The van der Waals surface area contributed by atoms with Crippen molar-refractivity contribution in [3.05, 3.63) is 77.5 Å². The van der Waals surface area contributed by atoms with Crippen LogP contribution in [0.15, 0.2) is 70.5 Å². The minimum atomic E-state index is -1.32. The zero-order valence-electron chi connectivity index (χ0n) is 17.9. The van der Waals surface area contributed by atoms with Crippen LogP contribution in [0.1, 0.15) is 25.3 Å². The molecule has 9 heteroatoms. The third kappa shape index (κ3) is 3.56. The molecule has 1 N–H and O–H groups in total.